The predicted molar refractivity (Wildman–Crippen MR) is 86.7 cm³/mol. The molecule has 0 aromatic carbocycles. The van der Waals surface area contributed by atoms with Gasteiger partial charge in [-0.25, -0.2) is 0 Å². The van der Waals surface area contributed by atoms with Crippen molar-refractivity contribution in [2.45, 2.75) is 95.9 Å². The zero-order valence-corrected chi connectivity index (χ0v) is 15.1. The van der Waals surface area contributed by atoms with Crippen LogP contribution in [-0.4, -0.2) is 0 Å². The first-order chi connectivity index (χ1) is 7.42. The van der Waals surface area contributed by atoms with Gasteiger partial charge in [0.25, 0.3) is 0 Å². The highest BCUT2D eigenvalue weighted by molar-refractivity contribution is 4.47. The molecule has 0 nitrogen and oxygen atoms in total. The first kappa shape index (κ1) is 25.8. The van der Waals surface area contributed by atoms with Gasteiger partial charge in [0.15, 0.2) is 0 Å². The zero-order chi connectivity index (χ0) is 15.1. The molecule has 0 rings (SSSR count). The topological polar surface area (TPSA) is 0 Å². The summed E-state index contributed by atoms with van der Waals surface area (Å²) in [5.41, 5.74) is 0.500. The highest BCUT2D eigenvalue weighted by Crippen LogP contribution is 2.08. The summed E-state index contributed by atoms with van der Waals surface area (Å²) >= 11 is 0. The van der Waals surface area contributed by atoms with Crippen molar-refractivity contribution in [2.24, 2.45) is 17.3 Å². The highest BCUT2D eigenvalue weighted by Gasteiger charge is 1.95. The first-order valence-corrected chi connectivity index (χ1v) is 7.42. The fourth-order valence-electron chi connectivity index (χ4n) is 0. The van der Waals surface area contributed by atoms with Crippen molar-refractivity contribution in [1.29, 1.82) is 0 Å². The highest BCUT2D eigenvalue weighted by atomic mass is 14.0. The van der Waals surface area contributed by atoms with Crippen molar-refractivity contribution in [1.82, 2.24) is 0 Å². The second kappa shape index (κ2) is 18.4. The normalized spacial score (nSPS) is 9.53. The van der Waals surface area contributed by atoms with Crippen molar-refractivity contribution in [3.05, 3.63) is 0 Å². The first-order valence-electron chi connectivity index (χ1n) is 7.42. The summed E-state index contributed by atoms with van der Waals surface area (Å²) in [6.45, 7) is 26.1. The molecule has 17 heavy (non-hydrogen) atoms. The third-order valence-corrected chi connectivity index (χ3v) is 0.816. The summed E-state index contributed by atoms with van der Waals surface area (Å²) in [5, 5.41) is 0. The fraction of sp³-hybridized carbons (Fsp3) is 1.00. The summed E-state index contributed by atoms with van der Waals surface area (Å²) in [6, 6.07) is 0. The minimum Gasteiger partial charge on any atom is -0.0656 e. The predicted octanol–water partition coefficient (Wildman–Crippen LogP) is 7.18. The van der Waals surface area contributed by atoms with E-state index in [0.717, 1.165) is 11.8 Å². The van der Waals surface area contributed by atoms with Gasteiger partial charge in [-0.05, 0) is 17.3 Å². The standard InChI is InChI=1S/2C5H12.C4H10.C3H8/c1-5(2,3)4;1-4-5(2)3;1-4(2)3;1-3-2/h1-4H3;5H,4H2,1-3H3;4H,1-3H3;3H2,1-2H3. The molecule has 0 spiro atoms. The van der Waals surface area contributed by atoms with Crippen LogP contribution < -0.4 is 0 Å². The lowest BCUT2D eigenvalue weighted by Crippen LogP contribution is -1.93. The zero-order valence-electron chi connectivity index (χ0n) is 15.1. The smallest absolute Gasteiger partial charge is 0.0411 e. The molecule has 0 aliphatic heterocycles. The van der Waals surface area contributed by atoms with Crippen LogP contribution >= 0.6 is 0 Å². The van der Waals surface area contributed by atoms with E-state index in [2.05, 4.69) is 83.1 Å². The van der Waals surface area contributed by atoms with Crippen molar-refractivity contribution in [3.8, 4) is 0 Å². The Hall–Kier alpha value is 0. The van der Waals surface area contributed by atoms with Gasteiger partial charge in [-0.15, -0.1) is 0 Å². The Bertz CT molecular complexity index is 84.3. The van der Waals surface area contributed by atoms with E-state index in [1.54, 1.807) is 0 Å². The largest absolute Gasteiger partial charge is 0.0656 e. The van der Waals surface area contributed by atoms with Crippen LogP contribution in [0.3, 0.4) is 0 Å². The molecule has 0 radical (unpaired) electrons. The van der Waals surface area contributed by atoms with Crippen LogP contribution in [0.2, 0.25) is 0 Å². The Morgan fingerprint density at radius 2 is 0.765 bits per heavy atom. The van der Waals surface area contributed by atoms with Gasteiger partial charge in [-0.1, -0.05) is 95.9 Å². The maximum absolute atomic E-state index is 2.22. The molecule has 0 aromatic heterocycles. The molecule has 110 valence electrons. The summed E-state index contributed by atoms with van der Waals surface area (Å²) < 4.78 is 0. The van der Waals surface area contributed by atoms with Crippen LogP contribution in [-0.2, 0) is 0 Å². The number of hydrogen-bond donors (Lipinski definition) is 0. The van der Waals surface area contributed by atoms with E-state index in [4.69, 9.17) is 0 Å². The molecule has 0 aliphatic rings. The molecule has 0 heterocycles. The molecule has 0 aromatic rings. The molecule has 0 heteroatoms. The van der Waals surface area contributed by atoms with Gasteiger partial charge in [0, 0.05) is 0 Å². The van der Waals surface area contributed by atoms with Crippen molar-refractivity contribution >= 4 is 0 Å². The monoisotopic (exact) mass is 246 g/mol. The van der Waals surface area contributed by atoms with Crippen molar-refractivity contribution in [2.75, 3.05) is 0 Å². The lowest BCUT2D eigenvalue weighted by atomic mass is 10.0. The SMILES string of the molecule is CC(C)(C)C.CC(C)C.CCC.CCC(C)C. The molecular formula is C17H42. The number of rotatable bonds is 1. The van der Waals surface area contributed by atoms with Crippen LogP contribution in [0, 0.1) is 17.3 Å². The van der Waals surface area contributed by atoms with E-state index in [9.17, 15) is 0 Å². The second-order valence-electron chi connectivity index (χ2n) is 7.24. The summed E-state index contributed by atoms with van der Waals surface area (Å²) in [7, 11) is 0. The van der Waals surface area contributed by atoms with Crippen LogP contribution in [0.15, 0.2) is 0 Å². The van der Waals surface area contributed by atoms with Gasteiger partial charge in [-0.3, -0.25) is 0 Å². The van der Waals surface area contributed by atoms with Gasteiger partial charge < -0.3 is 0 Å². The van der Waals surface area contributed by atoms with E-state index in [1.807, 2.05) is 0 Å². The molecule has 0 fully saturated rings. The Morgan fingerprint density at radius 3 is 0.765 bits per heavy atom. The minimum absolute atomic E-state index is 0.500. The van der Waals surface area contributed by atoms with E-state index in [-0.39, 0.29) is 0 Å². The summed E-state index contributed by atoms with van der Waals surface area (Å²) in [6.07, 6.45) is 2.56. The lowest BCUT2D eigenvalue weighted by molar-refractivity contribution is 0.469. The Morgan fingerprint density at radius 1 is 0.706 bits per heavy atom. The van der Waals surface area contributed by atoms with E-state index < -0.39 is 0 Å². The van der Waals surface area contributed by atoms with Gasteiger partial charge in [0.2, 0.25) is 0 Å². The molecule has 0 unspecified atom stereocenters. The van der Waals surface area contributed by atoms with E-state index in [1.165, 1.54) is 12.8 Å². The molecular weight excluding hydrogens is 204 g/mol. The van der Waals surface area contributed by atoms with Crippen molar-refractivity contribution < 1.29 is 0 Å². The average molecular weight is 247 g/mol. The van der Waals surface area contributed by atoms with Gasteiger partial charge in [0.1, 0.15) is 0 Å². The minimum atomic E-state index is 0.500. The van der Waals surface area contributed by atoms with Gasteiger partial charge in [-0.2, -0.15) is 0 Å². The molecule has 0 saturated heterocycles. The number of hydrogen-bond acceptors (Lipinski definition) is 0. The van der Waals surface area contributed by atoms with Crippen LogP contribution in [0.4, 0.5) is 0 Å². The van der Waals surface area contributed by atoms with E-state index in [0.29, 0.717) is 5.41 Å². The third kappa shape index (κ3) is 784. The van der Waals surface area contributed by atoms with Gasteiger partial charge in [0.05, 0.1) is 0 Å². The third-order valence-electron chi connectivity index (χ3n) is 0.816. The molecule has 0 aliphatic carbocycles. The molecule has 0 saturated carbocycles. The second-order valence-corrected chi connectivity index (χ2v) is 7.24. The average Bonchev–Trinajstić information content (AvgIpc) is 2.01. The summed E-state index contributed by atoms with van der Waals surface area (Å²) in [4.78, 5) is 0. The van der Waals surface area contributed by atoms with Crippen LogP contribution in [0.25, 0.3) is 0 Å². The molecule has 0 N–H and O–H groups in total. The molecule has 0 bridgehead atoms. The van der Waals surface area contributed by atoms with Gasteiger partial charge >= 0.3 is 0 Å². The quantitative estimate of drug-likeness (QED) is 0.459. The lowest BCUT2D eigenvalue weighted by Gasteiger charge is -2.05. The molecule has 0 atom stereocenters. The summed E-state index contributed by atoms with van der Waals surface area (Å²) in [5.74, 6) is 1.72. The molecule has 0 amide bonds. The van der Waals surface area contributed by atoms with Crippen LogP contribution in [0.1, 0.15) is 95.9 Å². The Kier molecular flexibility index (Phi) is 27.8. The van der Waals surface area contributed by atoms with Crippen LogP contribution in [0.5, 0.6) is 0 Å². The van der Waals surface area contributed by atoms with Crippen molar-refractivity contribution in [3.63, 3.8) is 0 Å². The Labute approximate surface area is 114 Å². The maximum Gasteiger partial charge on any atom is -0.0411 e. The fourth-order valence-corrected chi connectivity index (χ4v) is 0. The van der Waals surface area contributed by atoms with E-state index >= 15 is 0 Å². The Balaban J connectivity index is -0.0000000676. The maximum atomic E-state index is 2.22.